The van der Waals surface area contributed by atoms with Gasteiger partial charge < -0.3 is 10.2 Å². The summed E-state index contributed by atoms with van der Waals surface area (Å²) in [6.07, 6.45) is 1.88. The highest BCUT2D eigenvalue weighted by Crippen LogP contribution is 2.10. The van der Waals surface area contributed by atoms with Crippen LogP contribution in [0.2, 0.25) is 0 Å². The van der Waals surface area contributed by atoms with Gasteiger partial charge in [0.2, 0.25) is 5.78 Å². The van der Waals surface area contributed by atoms with E-state index in [1.165, 1.54) is 0 Å². The van der Waals surface area contributed by atoms with Crippen LogP contribution in [0.25, 0.3) is 0 Å². The van der Waals surface area contributed by atoms with Crippen LogP contribution in [0.5, 0.6) is 0 Å². The van der Waals surface area contributed by atoms with E-state index in [0.29, 0.717) is 23.8 Å². The summed E-state index contributed by atoms with van der Waals surface area (Å²) in [5, 5.41) is 7.58. The van der Waals surface area contributed by atoms with E-state index in [0.717, 1.165) is 0 Å². The first kappa shape index (κ1) is 10.6. The molecule has 0 radical (unpaired) electrons. The molecular weight excluding hydrogens is 208 g/mol. The minimum absolute atomic E-state index is 0.125. The Balaban J connectivity index is 2.08. The van der Waals surface area contributed by atoms with E-state index in [2.05, 4.69) is 10.3 Å². The number of aromatic nitrogens is 3. The van der Waals surface area contributed by atoms with Crippen molar-refractivity contribution in [1.82, 2.24) is 15.0 Å². The Morgan fingerprint density at radius 1 is 1.56 bits per heavy atom. The highest BCUT2D eigenvalue weighted by molar-refractivity contribution is 5.94. The molecule has 0 aliphatic carbocycles. The number of nitrogens with two attached hydrogens (primary N) is 1. The molecule has 0 aliphatic rings. The molecule has 0 atom stereocenters. The van der Waals surface area contributed by atoms with Gasteiger partial charge in [0.25, 0.3) is 0 Å². The Kier molecular flexibility index (Phi) is 2.82. The van der Waals surface area contributed by atoms with Crippen LogP contribution in [0.15, 0.2) is 22.7 Å². The largest absolute Gasteiger partial charge is 0.457 e. The van der Waals surface area contributed by atoms with E-state index in [4.69, 9.17) is 10.2 Å². The normalized spacial score (nSPS) is 10.6. The minimum Gasteiger partial charge on any atom is -0.457 e. The second-order valence-electron chi connectivity index (χ2n) is 3.45. The fraction of sp³-hybridized carbons (Fsp3) is 0.300. The van der Waals surface area contributed by atoms with Gasteiger partial charge in [0.05, 0.1) is 18.7 Å². The van der Waals surface area contributed by atoms with Crippen molar-refractivity contribution >= 4 is 5.78 Å². The molecule has 6 nitrogen and oxygen atoms in total. The van der Waals surface area contributed by atoms with E-state index in [9.17, 15) is 4.79 Å². The summed E-state index contributed by atoms with van der Waals surface area (Å²) in [6.45, 7) is 0.290. The number of ketones is 1. The van der Waals surface area contributed by atoms with Gasteiger partial charge in [-0.05, 0) is 12.1 Å². The third-order valence-electron chi connectivity index (χ3n) is 2.13. The zero-order valence-corrected chi connectivity index (χ0v) is 8.88. The molecule has 0 spiro atoms. The maximum atomic E-state index is 11.7. The topological polar surface area (TPSA) is 86.9 Å². The van der Waals surface area contributed by atoms with Crippen LogP contribution in [0, 0.1) is 0 Å². The zero-order chi connectivity index (χ0) is 11.5. The van der Waals surface area contributed by atoms with Crippen molar-refractivity contribution in [1.29, 1.82) is 0 Å². The standard InChI is InChI=1S/C10H12N4O2/c1-14-6-7(12-13-14)4-9(15)10-3-2-8(5-11)16-10/h2-3,6H,4-5,11H2,1H3. The molecule has 2 N–H and O–H groups in total. The third-order valence-corrected chi connectivity index (χ3v) is 2.13. The number of rotatable bonds is 4. The molecule has 0 unspecified atom stereocenters. The van der Waals surface area contributed by atoms with E-state index in [1.54, 1.807) is 30.1 Å². The first-order valence-electron chi connectivity index (χ1n) is 4.86. The molecule has 0 aromatic carbocycles. The Hall–Kier alpha value is -1.95. The van der Waals surface area contributed by atoms with Crippen molar-refractivity contribution < 1.29 is 9.21 Å². The van der Waals surface area contributed by atoms with Gasteiger partial charge in [0, 0.05) is 13.2 Å². The lowest BCUT2D eigenvalue weighted by Crippen LogP contribution is -2.02. The van der Waals surface area contributed by atoms with Gasteiger partial charge in [-0.3, -0.25) is 9.48 Å². The highest BCUT2D eigenvalue weighted by Gasteiger charge is 2.13. The fourth-order valence-corrected chi connectivity index (χ4v) is 1.37. The quantitative estimate of drug-likeness (QED) is 0.748. The number of furan rings is 1. The Morgan fingerprint density at radius 2 is 2.38 bits per heavy atom. The minimum atomic E-state index is -0.125. The summed E-state index contributed by atoms with van der Waals surface area (Å²) in [6, 6.07) is 3.32. The number of carbonyl (C=O) groups excluding carboxylic acids is 1. The Morgan fingerprint density at radius 3 is 2.94 bits per heavy atom. The lowest BCUT2D eigenvalue weighted by molar-refractivity contribution is 0.0963. The molecular formula is C10H12N4O2. The van der Waals surface area contributed by atoms with Crippen LogP contribution in [-0.2, 0) is 20.0 Å². The van der Waals surface area contributed by atoms with Crippen LogP contribution < -0.4 is 5.73 Å². The molecule has 0 saturated carbocycles. The zero-order valence-electron chi connectivity index (χ0n) is 8.88. The third kappa shape index (κ3) is 2.17. The molecule has 16 heavy (non-hydrogen) atoms. The second-order valence-corrected chi connectivity index (χ2v) is 3.45. The maximum absolute atomic E-state index is 11.7. The van der Waals surface area contributed by atoms with Crippen molar-refractivity contribution in [2.45, 2.75) is 13.0 Å². The van der Waals surface area contributed by atoms with Crippen LogP contribution in [0.1, 0.15) is 22.0 Å². The number of hydrogen-bond acceptors (Lipinski definition) is 5. The van der Waals surface area contributed by atoms with Crippen LogP contribution in [-0.4, -0.2) is 20.8 Å². The maximum Gasteiger partial charge on any atom is 0.204 e. The van der Waals surface area contributed by atoms with Crippen molar-refractivity contribution in [2.24, 2.45) is 12.8 Å². The predicted octanol–water partition coefficient (Wildman–Crippen LogP) is 0.292. The average molecular weight is 220 g/mol. The lowest BCUT2D eigenvalue weighted by atomic mass is 10.2. The van der Waals surface area contributed by atoms with Crippen molar-refractivity contribution in [3.8, 4) is 0 Å². The molecule has 2 aromatic heterocycles. The summed E-state index contributed by atoms with van der Waals surface area (Å²) < 4.78 is 6.80. The van der Waals surface area contributed by atoms with Crippen LogP contribution in [0.4, 0.5) is 0 Å². The summed E-state index contributed by atoms with van der Waals surface area (Å²) in [7, 11) is 1.75. The van der Waals surface area contributed by atoms with E-state index in [-0.39, 0.29) is 12.2 Å². The van der Waals surface area contributed by atoms with Gasteiger partial charge >= 0.3 is 0 Å². The van der Waals surface area contributed by atoms with Gasteiger partial charge in [0.15, 0.2) is 5.76 Å². The number of aryl methyl sites for hydroxylation is 1. The van der Waals surface area contributed by atoms with Crippen molar-refractivity contribution in [3.63, 3.8) is 0 Å². The fourth-order valence-electron chi connectivity index (χ4n) is 1.37. The smallest absolute Gasteiger partial charge is 0.204 e. The van der Waals surface area contributed by atoms with Crippen LogP contribution in [0.3, 0.4) is 0 Å². The molecule has 0 aliphatic heterocycles. The van der Waals surface area contributed by atoms with E-state index >= 15 is 0 Å². The SMILES string of the molecule is Cn1cc(CC(=O)c2ccc(CN)o2)nn1. The van der Waals surface area contributed by atoms with Crippen molar-refractivity contribution in [2.75, 3.05) is 0 Å². The molecule has 0 fully saturated rings. The van der Waals surface area contributed by atoms with Gasteiger partial charge in [-0.15, -0.1) is 5.10 Å². The average Bonchev–Trinajstić information content (AvgIpc) is 2.87. The second kappa shape index (κ2) is 4.28. The molecule has 2 aromatic rings. The van der Waals surface area contributed by atoms with E-state index in [1.807, 2.05) is 0 Å². The molecule has 84 valence electrons. The number of carbonyl (C=O) groups is 1. The summed E-state index contributed by atoms with van der Waals surface area (Å²) in [4.78, 5) is 11.7. The Labute approximate surface area is 92.0 Å². The summed E-state index contributed by atoms with van der Waals surface area (Å²) in [5.74, 6) is 0.786. The van der Waals surface area contributed by atoms with Gasteiger partial charge in [-0.25, -0.2) is 0 Å². The highest BCUT2D eigenvalue weighted by atomic mass is 16.3. The number of hydrogen-bond donors (Lipinski definition) is 1. The number of nitrogens with zero attached hydrogens (tertiary/aromatic N) is 3. The summed E-state index contributed by atoms with van der Waals surface area (Å²) >= 11 is 0. The first-order chi connectivity index (χ1) is 7.69. The lowest BCUT2D eigenvalue weighted by Gasteiger charge is -1.93. The van der Waals surface area contributed by atoms with E-state index < -0.39 is 0 Å². The molecule has 0 amide bonds. The first-order valence-corrected chi connectivity index (χ1v) is 4.86. The monoisotopic (exact) mass is 220 g/mol. The molecule has 0 bridgehead atoms. The molecule has 2 heterocycles. The predicted molar refractivity (Wildman–Crippen MR) is 55.6 cm³/mol. The van der Waals surface area contributed by atoms with Crippen LogP contribution >= 0.6 is 0 Å². The van der Waals surface area contributed by atoms with Gasteiger partial charge in [-0.2, -0.15) is 0 Å². The van der Waals surface area contributed by atoms with Gasteiger partial charge in [-0.1, -0.05) is 5.21 Å². The Bertz CT molecular complexity index is 500. The molecule has 6 heteroatoms. The molecule has 0 saturated heterocycles. The van der Waals surface area contributed by atoms with Gasteiger partial charge in [0.1, 0.15) is 5.76 Å². The van der Waals surface area contributed by atoms with Crippen molar-refractivity contribution in [3.05, 3.63) is 35.5 Å². The number of Topliss-reactive ketones (excluding diaryl/α,β-unsaturated/α-hetero) is 1. The summed E-state index contributed by atoms with van der Waals surface area (Å²) in [5.41, 5.74) is 6.01. The molecule has 2 rings (SSSR count).